The molecule has 4 nitrogen and oxygen atoms in total. The van der Waals surface area contributed by atoms with Crippen LogP contribution in [-0.2, 0) is 4.79 Å². The van der Waals surface area contributed by atoms with Crippen molar-refractivity contribution in [3.8, 4) is 0 Å². The van der Waals surface area contributed by atoms with Gasteiger partial charge in [-0.05, 0) is 19.3 Å². The predicted molar refractivity (Wildman–Crippen MR) is 147 cm³/mol. The Bertz CT molecular complexity index is 399. The number of rotatable bonds is 25. The van der Waals surface area contributed by atoms with Crippen LogP contribution in [0.15, 0.2) is 0 Å². The molecule has 0 aliphatic heterocycles. The summed E-state index contributed by atoms with van der Waals surface area (Å²) in [6.45, 7) is 7.10. The van der Waals surface area contributed by atoms with Gasteiger partial charge in [0.25, 0.3) is 0 Å². The molecule has 0 spiro atoms. The minimum absolute atomic E-state index is 0.235. The fourth-order valence-electron chi connectivity index (χ4n) is 4.56. The van der Waals surface area contributed by atoms with Crippen LogP contribution in [0.1, 0.15) is 155 Å². The van der Waals surface area contributed by atoms with E-state index in [0.29, 0.717) is 6.61 Å². The normalized spacial score (nSPS) is 11.3. The first-order valence-corrected chi connectivity index (χ1v) is 15.0. The zero-order valence-electron chi connectivity index (χ0n) is 23.9. The van der Waals surface area contributed by atoms with E-state index in [4.69, 9.17) is 5.11 Å². The number of aliphatic hydroxyl groups is 1. The number of unbranched alkanes of at least 4 members (excludes halogenated alkanes) is 18. The fourth-order valence-corrected chi connectivity index (χ4v) is 4.56. The van der Waals surface area contributed by atoms with Gasteiger partial charge in [-0.2, -0.15) is 0 Å². The number of aliphatic carboxylic acids is 1. The summed E-state index contributed by atoms with van der Waals surface area (Å²) in [5, 5.41) is 18.9. The van der Waals surface area contributed by atoms with Crippen molar-refractivity contribution < 1.29 is 19.5 Å². The van der Waals surface area contributed by atoms with Gasteiger partial charge in [-0.15, -0.1) is 0 Å². The van der Waals surface area contributed by atoms with Crippen molar-refractivity contribution in [2.75, 3.05) is 33.8 Å². The maximum Gasteiger partial charge on any atom is 0.0804 e. The van der Waals surface area contributed by atoms with Crippen molar-refractivity contribution in [1.29, 1.82) is 0 Å². The number of aliphatic hydroxyl groups excluding tert-OH is 1. The van der Waals surface area contributed by atoms with Crippen LogP contribution in [0, 0.1) is 0 Å². The number of hydrogen-bond acceptors (Lipinski definition) is 3. The number of carboxylic acids is 1. The molecule has 0 saturated carbocycles. The van der Waals surface area contributed by atoms with Crippen LogP contribution < -0.4 is 5.11 Å². The molecule has 0 heterocycles. The quantitative estimate of drug-likeness (QED) is 0.108. The van der Waals surface area contributed by atoms with Gasteiger partial charge in [-0.3, -0.25) is 0 Å². The lowest BCUT2D eigenvalue weighted by Gasteiger charge is -2.28. The van der Waals surface area contributed by atoms with Crippen molar-refractivity contribution in [3.05, 3.63) is 0 Å². The van der Waals surface area contributed by atoms with E-state index in [1.807, 2.05) is 0 Å². The Balaban J connectivity index is 0. The fraction of sp³-hybridized carbons (Fsp3) is 0.967. The van der Waals surface area contributed by atoms with Gasteiger partial charge in [0.1, 0.15) is 0 Å². The average Bonchev–Trinajstić information content (AvgIpc) is 2.79. The molecule has 0 fully saturated rings. The largest absolute Gasteiger partial charge is 0.550 e. The zero-order chi connectivity index (χ0) is 25.8. The Morgan fingerprint density at radius 3 is 1.21 bits per heavy atom. The lowest BCUT2D eigenvalue weighted by Crippen LogP contribution is -2.41. The summed E-state index contributed by atoms with van der Waals surface area (Å²) >= 11 is 0. The molecular weight excluding hydrogens is 422 g/mol. The summed E-state index contributed by atoms with van der Waals surface area (Å²) < 4.78 is 1.04. The third kappa shape index (κ3) is 33.6. The minimum Gasteiger partial charge on any atom is -0.550 e. The van der Waals surface area contributed by atoms with E-state index in [-0.39, 0.29) is 6.42 Å². The lowest BCUT2D eigenvalue weighted by molar-refractivity contribution is -0.890. The van der Waals surface area contributed by atoms with Crippen LogP contribution in [-0.4, -0.2) is 49.4 Å². The second-order valence-corrected chi connectivity index (χ2v) is 10.9. The Kier molecular flexibility index (Phi) is 29.9. The molecule has 0 rings (SSSR count). The maximum atomic E-state index is 10.3. The Hall–Kier alpha value is -0.610. The molecule has 0 aliphatic rings. The van der Waals surface area contributed by atoms with Crippen LogP contribution in [0.5, 0.6) is 0 Å². The number of carbonyl (C=O) groups excluding carboxylic acids is 1. The second-order valence-electron chi connectivity index (χ2n) is 10.9. The van der Waals surface area contributed by atoms with Crippen LogP contribution in [0.3, 0.4) is 0 Å². The van der Waals surface area contributed by atoms with Gasteiger partial charge in [0, 0.05) is 19.0 Å². The number of nitrogens with zero attached hydrogens (tertiary/aromatic N) is 1. The Morgan fingerprint density at radius 2 is 0.912 bits per heavy atom. The van der Waals surface area contributed by atoms with Gasteiger partial charge in [0.2, 0.25) is 0 Å². The predicted octanol–water partition coefficient (Wildman–Crippen LogP) is 7.41. The molecule has 0 aromatic heterocycles. The molecule has 0 bridgehead atoms. The van der Waals surface area contributed by atoms with Gasteiger partial charge in [-0.1, -0.05) is 129 Å². The SMILES string of the molecule is CCCCCCCCCCCCCCCCCCCCCC(=O)[O-].CCC[N+](C)(C)CCCO. The van der Waals surface area contributed by atoms with Crippen LogP contribution in [0.25, 0.3) is 0 Å². The van der Waals surface area contributed by atoms with E-state index in [1.54, 1.807) is 0 Å². The number of quaternary nitrogens is 1. The van der Waals surface area contributed by atoms with Crippen molar-refractivity contribution in [1.82, 2.24) is 0 Å². The minimum atomic E-state index is -0.901. The third-order valence-electron chi connectivity index (χ3n) is 6.73. The van der Waals surface area contributed by atoms with Crippen molar-refractivity contribution >= 4 is 5.97 Å². The van der Waals surface area contributed by atoms with Gasteiger partial charge in [0.15, 0.2) is 0 Å². The summed E-state index contributed by atoms with van der Waals surface area (Å²) in [5.74, 6) is -0.901. The zero-order valence-corrected chi connectivity index (χ0v) is 23.9. The highest BCUT2D eigenvalue weighted by atomic mass is 16.4. The summed E-state index contributed by atoms with van der Waals surface area (Å²) in [6.07, 6.45) is 27.9. The van der Waals surface area contributed by atoms with Gasteiger partial charge >= 0.3 is 0 Å². The van der Waals surface area contributed by atoms with Crippen molar-refractivity contribution in [2.45, 2.75) is 155 Å². The Labute approximate surface area is 214 Å². The first-order chi connectivity index (χ1) is 16.4. The molecule has 206 valence electrons. The smallest absolute Gasteiger partial charge is 0.0804 e. The van der Waals surface area contributed by atoms with Crippen molar-refractivity contribution in [2.24, 2.45) is 0 Å². The van der Waals surface area contributed by atoms with Gasteiger partial charge < -0.3 is 19.5 Å². The molecule has 0 aromatic rings. The molecule has 0 atom stereocenters. The van der Waals surface area contributed by atoms with Crippen molar-refractivity contribution in [3.63, 3.8) is 0 Å². The molecule has 0 aliphatic carbocycles. The number of carbonyl (C=O) groups is 1. The van der Waals surface area contributed by atoms with E-state index in [9.17, 15) is 9.90 Å². The summed E-state index contributed by atoms with van der Waals surface area (Å²) in [6, 6.07) is 0. The highest BCUT2D eigenvalue weighted by molar-refractivity contribution is 5.63. The van der Waals surface area contributed by atoms with E-state index in [1.165, 1.54) is 122 Å². The number of carboxylic acid groups (broad SMARTS) is 1. The maximum absolute atomic E-state index is 10.3. The van der Waals surface area contributed by atoms with E-state index in [0.717, 1.165) is 30.3 Å². The molecule has 0 radical (unpaired) electrons. The van der Waals surface area contributed by atoms with Crippen LogP contribution in [0.4, 0.5) is 0 Å². The highest BCUT2D eigenvalue weighted by Gasteiger charge is 2.11. The molecule has 34 heavy (non-hydrogen) atoms. The summed E-state index contributed by atoms with van der Waals surface area (Å²) in [5.41, 5.74) is 0. The second kappa shape index (κ2) is 28.6. The monoisotopic (exact) mass is 485 g/mol. The average molecular weight is 486 g/mol. The molecule has 0 amide bonds. The third-order valence-corrected chi connectivity index (χ3v) is 6.73. The molecule has 0 saturated heterocycles. The van der Waals surface area contributed by atoms with E-state index < -0.39 is 5.97 Å². The van der Waals surface area contributed by atoms with E-state index >= 15 is 0 Å². The molecule has 4 heteroatoms. The lowest BCUT2D eigenvalue weighted by atomic mass is 10.0. The van der Waals surface area contributed by atoms with Gasteiger partial charge in [0.05, 0.1) is 27.2 Å². The highest BCUT2D eigenvalue weighted by Crippen LogP contribution is 2.14. The first-order valence-electron chi connectivity index (χ1n) is 15.0. The number of hydrogen-bond donors (Lipinski definition) is 1. The summed E-state index contributed by atoms with van der Waals surface area (Å²) in [4.78, 5) is 10.3. The molecule has 0 unspecified atom stereocenters. The van der Waals surface area contributed by atoms with Crippen LogP contribution in [0.2, 0.25) is 0 Å². The Morgan fingerprint density at radius 1 is 0.559 bits per heavy atom. The first kappa shape index (κ1) is 35.6. The molecule has 1 N–H and O–H groups in total. The summed E-state index contributed by atoms with van der Waals surface area (Å²) in [7, 11) is 4.42. The van der Waals surface area contributed by atoms with Gasteiger partial charge in [-0.25, -0.2) is 0 Å². The standard InChI is InChI=1S/C22H44O2.C8H20NO/c1-2-3-4-5-6-7-8-9-10-11-12-13-14-15-16-17-18-19-20-21-22(23)24;1-4-6-9(2,3)7-5-8-10/h2-21H2,1H3,(H,23,24);10H,4-8H2,1-3H3/q;+1/p-1. The molecular formula is C30H63NO3. The van der Waals surface area contributed by atoms with E-state index in [2.05, 4.69) is 27.9 Å². The van der Waals surface area contributed by atoms with Crippen LogP contribution >= 0.6 is 0 Å². The topological polar surface area (TPSA) is 60.4 Å². The molecule has 0 aromatic carbocycles.